The molecule has 0 bridgehead atoms. The second-order valence-electron chi connectivity index (χ2n) is 6.35. The number of thiophene rings is 1. The van der Waals surface area contributed by atoms with Gasteiger partial charge in [-0.25, -0.2) is 0 Å². The van der Waals surface area contributed by atoms with Gasteiger partial charge in [0.1, 0.15) is 16.9 Å². The smallest absolute Gasteiger partial charge is 0.256 e. The van der Waals surface area contributed by atoms with Crippen LogP contribution in [0, 0.1) is 5.92 Å². The minimum atomic E-state index is -0.247. The Labute approximate surface area is 139 Å². The Hall–Kier alpha value is -2.01. The van der Waals surface area contributed by atoms with Crippen molar-refractivity contribution in [2.24, 2.45) is 5.92 Å². The van der Waals surface area contributed by atoms with Crippen molar-refractivity contribution in [3.63, 3.8) is 0 Å². The number of rotatable bonds is 2. The number of amides is 1. The van der Waals surface area contributed by atoms with Gasteiger partial charge in [-0.2, -0.15) is 0 Å². The van der Waals surface area contributed by atoms with E-state index in [2.05, 4.69) is 17.6 Å². The number of fused-ring (bicyclic) bond motifs is 3. The molecule has 4 nitrogen and oxygen atoms in total. The minimum Gasteiger partial charge on any atom is -0.496 e. The summed E-state index contributed by atoms with van der Waals surface area (Å²) in [6, 6.07) is 7.79. The number of ether oxygens (including phenoxy) is 1. The first-order chi connectivity index (χ1) is 11.2. The van der Waals surface area contributed by atoms with E-state index in [0.717, 1.165) is 34.7 Å². The van der Waals surface area contributed by atoms with Crippen molar-refractivity contribution in [1.29, 1.82) is 0 Å². The number of hydrogen-bond donors (Lipinski definition) is 2. The first-order valence-corrected chi connectivity index (χ1v) is 8.84. The lowest BCUT2D eigenvalue weighted by Gasteiger charge is -2.28. The summed E-state index contributed by atoms with van der Waals surface area (Å²) in [5, 5.41) is 7.59. The van der Waals surface area contributed by atoms with E-state index in [1.165, 1.54) is 16.9 Å². The van der Waals surface area contributed by atoms with Crippen LogP contribution < -0.4 is 15.4 Å². The highest BCUT2D eigenvalue weighted by Gasteiger charge is 2.33. The molecule has 1 aromatic carbocycles. The summed E-state index contributed by atoms with van der Waals surface area (Å²) in [6.45, 7) is 2.28. The zero-order chi connectivity index (χ0) is 16.0. The SMILES string of the molecule is COc1ccccc1[C@H]1NC(=O)c2c(sc3c2CC[C@H](C)C3)N1. The van der Waals surface area contributed by atoms with E-state index in [-0.39, 0.29) is 12.1 Å². The average Bonchev–Trinajstić information content (AvgIpc) is 2.92. The number of para-hydroxylation sites is 1. The summed E-state index contributed by atoms with van der Waals surface area (Å²) in [7, 11) is 1.65. The molecule has 5 heteroatoms. The molecule has 0 saturated carbocycles. The summed E-state index contributed by atoms with van der Waals surface area (Å²) < 4.78 is 5.43. The van der Waals surface area contributed by atoms with Crippen LogP contribution in [0.15, 0.2) is 24.3 Å². The van der Waals surface area contributed by atoms with Gasteiger partial charge >= 0.3 is 0 Å². The Morgan fingerprint density at radius 3 is 2.91 bits per heavy atom. The van der Waals surface area contributed by atoms with Gasteiger partial charge in [-0.15, -0.1) is 11.3 Å². The van der Waals surface area contributed by atoms with Crippen molar-refractivity contribution in [3.8, 4) is 5.75 Å². The predicted molar refractivity (Wildman–Crippen MR) is 92.3 cm³/mol. The summed E-state index contributed by atoms with van der Waals surface area (Å²) in [4.78, 5) is 14.1. The molecular formula is C18H20N2O2S. The molecule has 2 atom stereocenters. The van der Waals surface area contributed by atoms with Crippen LogP contribution in [0.2, 0.25) is 0 Å². The lowest BCUT2D eigenvalue weighted by atomic mass is 9.88. The average molecular weight is 328 g/mol. The Kier molecular flexibility index (Phi) is 3.53. The van der Waals surface area contributed by atoms with Crippen molar-refractivity contribution in [2.75, 3.05) is 12.4 Å². The van der Waals surface area contributed by atoms with Crippen molar-refractivity contribution in [2.45, 2.75) is 32.4 Å². The van der Waals surface area contributed by atoms with E-state index in [9.17, 15) is 4.79 Å². The maximum atomic E-state index is 12.7. The van der Waals surface area contributed by atoms with Crippen LogP contribution in [0.1, 0.15) is 45.9 Å². The third-order valence-electron chi connectivity index (χ3n) is 4.74. The minimum absolute atomic E-state index is 0.0294. The zero-order valence-corrected chi connectivity index (χ0v) is 14.1. The molecule has 120 valence electrons. The highest BCUT2D eigenvalue weighted by molar-refractivity contribution is 7.16. The fourth-order valence-electron chi connectivity index (χ4n) is 3.52. The van der Waals surface area contributed by atoms with E-state index < -0.39 is 0 Å². The monoisotopic (exact) mass is 328 g/mol. The first-order valence-electron chi connectivity index (χ1n) is 8.02. The molecule has 0 spiro atoms. The molecule has 1 amide bonds. The van der Waals surface area contributed by atoms with Gasteiger partial charge in [0.15, 0.2) is 0 Å². The predicted octanol–water partition coefficient (Wildman–Crippen LogP) is 3.74. The van der Waals surface area contributed by atoms with Gasteiger partial charge in [0.2, 0.25) is 0 Å². The molecular weight excluding hydrogens is 308 g/mol. The summed E-state index contributed by atoms with van der Waals surface area (Å²) >= 11 is 1.74. The second kappa shape index (κ2) is 5.57. The molecule has 1 aliphatic heterocycles. The van der Waals surface area contributed by atoms with Crippen molar-refractivity contribution in [3.05, 3.63) is 45.8 Å². The van der Waals surface area contributed by atoms with E-state index in [1.54, 1.807) is 18.4 Å². The fraction of sp³-hybridized carbons (Fsp3) is 0.389. The van der Waals surface area contributed by atoms with Crippen molar-refractivity contribution in [1.82, 2.24) is 5.32 Å². The lowest BCUT2D eigenvalue weighted by molar-refractivity contribution is 0.0934. The molecule has 2 heterocycles. The topological polar surface area (TPSA) is 50.4 Å². The molecule has 2 aromatic rings. The van der Waals surface area contributed by atoms with Crippen LogP contribution in [0.4, 0.5) is 5.00 Å². The number of anilines is 1. The van der Waals surface area contributed by atoms with Gasteiger partial charge < -0.3 is 15.4 Å². The number of carbonyl (C=O) groups excluding carboxylic acids is 1. The van der Waals surface area contributed by atoms with Gasteiger partial charge in [0, 0.05) is 10.4 Å². The highest BCUT2D eigenvalue weighted by atomic mass is 32.1. The molecule has 0 unspecified atom stereocenters. The number of benzene rings is 1. The summed E-state index contributed by atoms with van der Waals surface area (Å²) in [5.41, 5.74) is 3.07. The molecule has 2 N–H and O–H groups in total. The normalized spacial score (nSPS) is 22.6. The highest BCUT2D eigenvalue weighted by Crippen LogP contribution is 2.43. The number of hydrogen-bond acceptors (Lipinski definition) is 4. The van der Waals surface area contributed by atoms with Gasteiger partial charge in [-0.1, -0.05) is 25.1 Å². The van der Waals surface area contributed by atoms with E-state index in [4.69, 9.17) is 4.74 Å². The van der Waals surface area contributed by atoms with Crippen molar-refractivity contribution >= 4 is 22.2 Å². The summed E-state index contributed by atoms with van der Waals surface area (Å²) in [6.07, 6.45) is 3.01. The Morgan fingerprint density at radius 2 is 2.09 bits per heavy atom. The van der Waals surface area contributed by atoms with Gasteiger partial charge in [0.05, 0.1) is 12.7 Å². The Bertz CT molecular complexity index is 768. The van der Waals surface area contributed by atoms with Crippen LogP contribution >= 0.6 is 11.3 Å². The first kappa shape index (κ1) is 14.6. The maximum absolute atomic E-state index is 12.7. The molecule has 4 rings (SSSR count). The molecule has 0 radical (unpaired) electrons. The van der Waals surface area contributed by atoms with E-state index >= 15 is 0 Å². The molecule has 0 saturated heterocycles. The third-order valence-corrected chi connectivity index (χ3v) is 5.93. The Balaban J connectivity index is 1.72. The van der Waals surface area contributed by atoms with Gasteiger partial charge in [0.25, 0.3) is 5.91 Å². The Morgan fingerprint density at radius 1 is 1.26 bits per heavy atom. The lowest BCUT2D eigenvalue weighted by Crippen LogP contribution is -2.38. The maximum Gasteiger partial charge on any atom is 0.256 e. The van der Waals surface area contributed by atoms with Crippen molar-refractivity contribution < 1.29 is 9.53 Å². The largest absolute Gasteiger partial charge is 0.496 e. The fourth-order valence-corrected chi connectivity index (χ4v) is 4.96. The quantitative estimate of drug-likeness (QED) is 0.883. The molecule has 23 heavy (non-hydrogen) atoms. The molecule has 2 aliphatic rings. The zero-order valence-electron chi connectivity index (χ0n) is 13.3. The standard InChI is InChI=1S/C18H20N2O2S/c1-10-7-8-12-14(9-10)23-18-15(12)17(21)19-16(20-18)11-5-3-4-6-13(11)22-2/h3-6,10,16,20H,7-9H2,1-2H3,(H,19,21)/t10-,16-/m0/s1. The van der Waals surface area contributed by atoms with Gasteiger partial charge in [-0.05, 0) is 36.8 Å². The third kappa shape index (κ3) is 2.39. The summed E-state index contributed by atoms with van der Waals surface area (Å²) in [5.74, 6) is 1.51. The van der Waals surface area contributed by atoms with E-state index in [0.29, 0.717) is 5.92 Å². The second-order valence-corrected chi connectivity index (χ2v) is 7.45. The van der Waals surface area contributed by atoms with Gasteiger partial charge in [-0.3, -0.25) is 4.79 Å². The van der Waals surface area contributed by atoms with E-state index in [1.807, 2.05) is 24.3 Å². The molecule has 1 aliphatic carbocycles. The molecule has 1 aromatic heterocycles. The van der Waals surface area contributed by atoms with Crippen LogP contribution in [0.3, 0.4) is 0 Å². The number of carbonyl (C=O) groups is 1. The molecule has 0 fully saturated rings. The van der Waals surface area contributed by atoms with Crippen LogP contribution in [0.25, 0.3) is 0 Å². The number of nitrogens with one attached hydrogen (secondary N) is 2. The number of methoxy groups -OCH3 is 1. The van der Waals surface area contributed by atoms with Crippen LogP contribution in [-0.4, -0.2) is 13.0 Å². The van der Waals surface area contributed by atoms with Crippen LogP contribution in [-0.2, 0) is 12.8 Å². The van der Waals surface area contributed by atoms with Crippen LogP contribution in [0.5, 0.6) is 5.75 Å².